The van der Waals surface area contributed by atoms with Gasteiger partial charge in [-0.15, -0.1) is 11.3 Å². The third-order valence-corrected chi connectivity index (χ3v) is 7.47. The lowest BCUT2D eigenvalue weighted by molar-refractivity contribution is -0.146. The summed E-state index contributed by atoms with van der Waals surface area (Å²) in [6.07, 6.45) is 2.10. The summed E-state index contributed by atoms with van der Waals surface area (Å²) in [5, 5.41) is 19.5. The zero-order valence-electron chi connectivity index (χ0n) is 20.8. The van der Waals surface area contributed by atoms with Crippen LogP contribution in [0.5, 0.6) is 5.75 Å². The number of aliphatic hydroxyl groups is 1. The Hall–Kier alpha value is -3.74. The number of aliphatic carboxylic acids is 1. The number of rotatable bonds is 10. The van der Waals surface area contributed by atoms with E-state index in [4.69, 9.17) is 13.9 Å². The predicted octanol–water partition coefficient (Wildman–Crippen LogP) is 2.77. The van der Waals surface area contributed by atoms with Crippen LogP contribution in [0.2, 0.25) is 0 Å². The van der Waals surface area contributed by atoms with E-state index in [0.717, 1.165) is 15.9 Å². The van der Waals surface area contributed by atoms with E-state index in [9.17, 15) is 24.6 Å². The summed E-state index contributed by atoms with van der Waals surface area (Å²) in [6.45, 7) is 3.93. The van der Waals surface area contributed by atoms with E-state index in [1.165, 1.54) is 38.0 Å². The highest BCUT2D eigenvalue weighted by atomic mass is 32.1. The zero-order valence-corrected chi connectivity index (χ0v) is 21.6. The lowest BCUT2D eigenvalue weighted by atomic mass is 10.1. The van der Waals surface area contributed by atoms with Gasteiger partial charge in [0.05, 0.1) is 43.3 Å². The highest BCUT2D eigenvalue weighted by Gasteiger charge is 2.36. The molecule has 0 saturated heterocycles. The van der Waals surface area contributed by atoms with Crippen molar-refractivity contribution in [2.75, 3.05) is 20.3 Å². The standard InChI is InChI=1S/C25H27N3O8S/c1-14-18-21(30)28(25(2,3)23(31)32)24(33)27(22(18)37-19(14)20-26-9-11-36-20)13-17(35-12-10-29)15-7-5-6-8-16(15)34-4/h5-9,11,17,29H,10,12-13H2,1-4H3,(H,31,32). The number of hydrogen-bond acceptors (Lipinski definition) is 9. The molecule has 0 aliphatic heterocycles. The number of carboxylic acids is 1. The van der Waals surface area contributed by atoms with E-state index in [2.05, 4.69) is 4.98 Å². The van der Waals surface area contributed by atoms with Gasteiger partial charge in [-0.2, -0.15) is 0 Å². The minimum atomic E-state index is -1.84. The Morgan fingerprint density at radius 1 is 1.27 bits per heavy atom. The normalized spacial score (nSPS) is 12.7. The topological polar surface area (TPSA) is 146 Å². The van der Waals surface area contributed by atoms with Crippen LogP contribution in [0.25, 0.3) is 21.0 Å². The molecule has 0 spiro atoms. The van der Waals surface area contributed by atoms with Crippen LogP contribution in [0.4, 0.5) is 0 Å². The van der Waals surface area contributed by atoms with E-state index in [0.29, 0.717) is 26.6 Å². The molecule has 1 atom stereocenters. The van der Waals surface area contributed by atoms with Crippen molar-refractivity contribution in [2.24, 2.45) is 0 Å². The van der Waals surface area contributed by atoms with E-state index < -0.39 is 28.9 Å². The van der Waals surface area contributed by atoms with Crippen LogP contribution in [0.15, 0.2) is 50.7 Å². The molecule has 11 nitrogen and oxygen atoms in total. The summed E-state index contributed by atoms with van der Waals surface area (Å²) in [4.78, 5) is 44.7. The van der Waals surface area contributed by atoms with Crippen LogP contribution in [0.3, 0.4) is 0 Å². The monoisotopic (exact) mass is 529 g/mol. The number of methoxy groups -OCH3 is 1. The lowest BCUT2D eigenvalue weighted by Gasteiger charge is -2.25. The van der Waals surface area contributed by atoms with E-state index in [1.807, 2.05) is 0 Å². The number of oxazole rings is 1. The Kier molecular flexibility index (Phi) is 7.35. The summed E-state index contributed by atoms with van der Waals surface area (Å²) >= 11 is 1.15. The first-order valence-electron chi connectivity index (χ1n) is 11.4. The third-order valence-electron chi connectivity index (χ3n) is 6.17. The van der Waals surface area contributed by atoms with Crippen LogP contribution in [0.1, 0.15) is 31.1 Å². The Labute approximate surface area is 215 Å². The number of para-hydroxylation sites is 1. The largest absolute Gasteiger partial charge is 0.496 e. The maximum absolute atomic E-state index is 13.9. The minimum absolute atomic E-state index is 0.0219. The van der Waals surface area contributed by atoms with Crippen molar-refractivity contribution < 1.29 is 28.9 Å². The molecule has 0 aliphatic carbocycles. The molecule has 4 rings (SSSR count). The second kappa shape index (κ2) is 10.3. The molecular formula is C25H27N3O8S. The van der Waals surface area contributed by atoms with Crippen molar-refractivity contribution in [1.82, 2.24) is 14.1 Å². The van der Waals surface area contributed by atoms with Crippen molar-refractivity contribution in [3.05, 3.63) is 68.7 Å². The predicted molar refractivity (Wildman–Crippen MR) is 136 cm³/mol. The van der Waals surface area contributed by atoms with E-state index in [1.54, 1.807) is 31.2 Å². The molecule has 0 amide bonds. The number of aromatic nitrogens is 3. The molecule has 0 radical (unpaired) electrons. The first-order valence-corrected chi connectivity index (χ1v) is 12.2. The summed E-state index contributed by atoms with van der Waals surface area (Å²) in [5.74, 6) is -0.549. The Morgan fingerprint density at radius 3 is 2.62 bits per heavy atom. The van der Waals surface area contributed by atoms with Gasteiger partial charge in [-0.3, -0.25) is 9.36 Å². The van der Waals surface area contributed by atoms with Gasteiger partial charge in [-0.05, 0) is 32.4 Å². The lowest BCUT2D eigenvalue weighted by Crippen LogP contribution is -2.52. The van der Waals surface area contributed by atoms with Gasteiger partial charge in [0.1, 0.15) is 28.5 Å². The van der Waals surface area contributed by atoms with Gasteiger partial charge in [-0.25, -0.2) is 19.1 Å². The average molecular weight is 530 g/mol. The van der Waals surface area contributed by atoms with E-state index >= 15 is 0 Å². The molecule has 1 aromatic carbocycles. The second-order valence-corrected chi connectivity index (χ2v) is 9.80. The van der Waals surface area contributed by atoms with Crippen LogP contribution < -0.4 is 16.0 Å². The zero-order chi connectivity index (χ0) is 26.9. The number of aliphatic hydroxyl groups excluding tert-OH is 1. The smallest absolute Gasteiger partial charge is 0.333 e. The molecule has 0 fully saturated rings. The summed E-state index contributed by atoms with van der Waals surface area (Å²) in [7, 11) is 1.51. The average Bonchev–Trinajstić information content (AvgIpc) is 3.51. The molecule has 0 aliphatic rings. The SMILES string of the molecule is COc1ccccc1C(Cn1c(=O)n(C(C)(C)C(=O)O)c(=O)c2c(C)c(-c3ncco3)sc21)OCCO. The van der Waals surface area contributed by atoms with Gasteiger partial charge in [0.25, 0.3) is 5.56 Å². The molecule has 196 valence electrons. The fourth-order valence-electron chi connectivity index (χ4n) is 4.17. The number of benzene rings is 1. The van der Waals surface area contributed by atoms with Crippen LogP contribution in [-0.4, -0.2) is 50.6 Å². The van der Waals surface area contributed by atoms with Gasteiger partial charge < -0.3 is 24.1 Å². The first-order chi connectivity index (χ1) is 17.6. The quantitative estimate of drug-likeness (QED) is 0.317. The molecule has 4 aromatic rings. The second-order valence-electron chi connectivity index (χ2n) is 8.80. The number of thiophene rings is 1. The summed E-state index contributed by atoms with van der Waals surface area (Å²) < 4.78 is 18.9. The van der Waals surface area contributed by atoms with Gasteiger partial charge in [-0.1, -0.05) is 18.2 Å². The highest BCUT2D eigenvalue weighted by Crippen LogP contribution is 2.37. The molecule has 3 heterocycles. The maximum atomic E-state index is 13.9. The van der Waals surface area contributed by atoms with E-state index in [-0.39, 0.29) is 31.0 Å². The Balaban J connectivity index is 2.04. The molecule has 12 heteroatoms. The number of hydrogen-bond donors (Lipinski definition) is 2. The number of ether oxygens (including phenoxy) is 2. The number of fused-ring (bicyclic) bond motifs is 1. The van der Waals surface area contributed by atoms with Crippen molar-refractivity contribution in [1.29, 1.82) is 0 Å². The van der Waals surface area contributed by atoms with Gasteiger partial charge in [0.15, 0.2) is 0 Å². The van der Waals surface area contributed by atoms with Gasteiger partial charge in [0.2, 0.25) is 5.89 Å². The number of carbonyl (C=O) groups is 1. The van der Waals surface area contributed by atoms with Crippen molar-refractivity contribution in [2.45, 2.75) is 39.0 Å². The van der Waals surface area contributed by atoms with Crippen molar-refractivity contribution in [3.8, 4) is 16.5 Å². The third kappa shape index (κ3) is 4.59. The molecule has 0 bridgehead atoms. The summed E-state index contributed by atoms with van der Waals surface area (Å²) in [5.41, 5.74) is -2.23. The maximum Gasteiger partial charge on any atom is 0.333 e. The fourth-order valence-corrected chi connectivity index (χ4v) is 5.41. The van der Waals surface area contributed by atoms with Gasteiger partial charge >= 0.3 is 11.7 Å². The van der Waals surface area contributed by atoms with Gasteiger partial charge in [0, 0.05) is 5.56 Å². The van der Waals surface area contributed by atoms with Crippen LogP contribution in [-0.2, 0) is 21.6 Å². The molecule has 2 N–H and O–H groups in total. The Morgan fingerprint density at radius 2 is 2.00 bits per heavy atom. The fraction of sp³-hybridized carbons (Fsp3) is 0.360. The van der Waals surface area contributed by atoms with Crippen LogP contribution in [0, 0.1) is 6.92 Å². The molecule has 1 unspecified atom stereocenters. The molecule has 3 aromatic heterocycles. The molecular weight excluding hydrogens is 502 g/mol. The van der Waals surface area contributed by atoms with Crippen molar-refractivity contribution in [3.63, 3.8) is 0 Å². The molecule has 0 saturated carbocycles. The van der Waals surface area contributed by atoms with Crippen LogP contribution >= 0.6 is 11.3 Å². The first kappa shape index (κ1) is 26.3. The number of carboxylic acid groups (broad SMARTS) is 1. The minimum Gasteiger partial charge on any atom is -0.496 e. The number of nitrogens with zero attached hydrogens (tertiary/aromatic N) is 3. The Bertz CT molecular complexity index is 1550. The molecule has 37 heavy (non-hydrogen) atoms. The number of aryl methyl sites for hydroxylation is 1. The van der Waals surface area contributed by atoms with Crippen molar-refractivity contribution >= 4 is 27.5 Å². The highest BCUT2D eigenvalue weighted by molar-refractivity contribution is 7.22. The summed E-state index contributed by atoms with van der Waals surface area (Å²) in [6, 6.07) is 7.10.